The minimum absolute atomic E-state index is 0.191. The van der Waals surface area contributed by atoms with Gasteiger partial charge in [0.05, 0.1) is 12.2 Å². The number of esters is 1. The molecule has 2 rings (SSSR count). The standard InChI is InChI=1S/C17H20ClN3O3/c1-3-9-19-14(22)11-24-17(23)15-12(2)20-21(16(15)18)10-13-7-5-4-6-8-13/h4-8H,3,9-11H2,1-2H3,(H,19,22). The van der Waals surface area contributed by atoms with Crippen molar-refractivity contribution in [2.45, 2.75) is 26.8 Å². The van der Waals surface area contributed by atoms with E-state index in [1.807, 2.05) is 37.3 Å². The van der Waals surface area contributed by atoms with Crippen molar-refractivity contribution >= 4 is 23.5 Å². The summed E-state index contributed by atoms with van der Waals surface area (Å²) in [5.74, 6) is -0.987. The van der Waals surface area contributed by atoms with E-state index in [1.54, 1.807) is 11.6 Å². The number of halogens is 1. The highest BCUT2D eigenvalue weighted by Gasteiger charge is 2.22. The maximum absolute atomic E-state index is 12.2. The summed E-state index contributed by atoms with van der Waals surface area (Å²) >= 11 is 6.27. The molecule has 0 aliphatic heterocycles. The molecule has 2 aromatic rings. The number of ether oxygens (including phenoxy) is 1. The normalized spacial score (nSPS) is 10.5. The van der Waals surface area contributed by atoms with Crippen molar-refractivity contribution in [2.24, 2.45) is 0 Å². The lowest BCUT2D eigenvalue weighted by Gasteiger charge is -2.06. The number of hydrogen-bond acceptors (Lipinski definition) is 4. The van der Waals surface area contributed by atoms with E-state index in [0.717, 1.165) is 12.0 Å². The van der Waals surface area contributed by atoms with Crippen molar-refractivity contribution in [1.29, 1.82) is 0 Å². The summed E-state index contributed by atoms with van der Waals surface area (Å²) in [4.78, 5) is 23.7. The number of amides is 1. The van der Waals surface area contributed by atoms with Gasteiger partial charge in [0.1, 0.15) is 10.7 Å². The molecule has 7 heteroatoms. The van der Waals surface area contributed by atoms with Gasteiger partial charge in [0, 0.05) is 6.54 Å². The second-order valence-electron chi connectivity index (χ2n) is 5.32. The monoisotopic (exact) mass is 349 g/mol. The van der Waals surface area contributed by atoms with Gasteiger partial charge in [-0.15, -0.1) is 0 Å². The van der Waals surface area contributed by atoms with E-state index in [0.29, 0.717) is 18.8 Å². The average Bonchev–Trinajstić information content (AvgIpc) is 2.85. The van der Waals surface area contributed by atoms with Crippen LogP contribution in [0.1, 0.15) is 35.0 Å². The number of nitrogens with zero attached hydrogens (tertiary/aromatic N) is 2. The van der Waals surface area contributed by atoms with E-state index < -0.39 is 5.97 Å². The molecule has 6 nitrogen and oxygen atoms in total. The van der Waals surface area contributed by atoms with Gasteiger partial charge >= 0.3 is 5.97 Å². The lowest BCUT2D eigenvalue weighted by molar-refractivity contribution is -0.124. The van der Waals surface area contributed by atoms with Gasteiger partial charge < -0.3 is 10.1 Å². The van der Waals surface area contributed by atoms with Crippen LogP contribution in [0.5, 0.6) is 0 Å². The van der Waals surface area contributed by atoms with Crippen LogP contribution in [0.2, 0.25) is 5.15 Å². The number of carbonyl (C=O) groups excluding carboxylic acids is 2. The molecular formula is C17H20ClN3O3. The first-order valence-electron chi connectivity index (χ1n) is 7.73. The smallest absolute Gasteiger partial charge is 0.343 e. The summed E-state index contributed by atoms with van der Waals surface area (Å²) in [6, 6.07) is 9.66. The molecule has 0 unspecified atom stereocenters. The highest BCUT2D eigenvalue weighted by Crippen LogP contribution is 2.21. The van der Waals surface area contributed by atoms with Crippen molar-refractivity contribution in [3.8, 4) is 0 Å². The van der Waals surface area contributed by atoms with Gasteiger partial charge in [0.15, 0.2) is 6.61 Å². The van der Waals surface area contributed by atoms with Crippen LogP contribution in [0.25, 0.3) is 0 Å². The molecule has 0 radical (unpaired) electrons. The van der Waals surface area contributed by atoms with E-state index in [4.69, 9.17) is 16.3 Å². The second kappa shape index (κ2) is 8.49. The lowest BCUT2D eigenvalue weighted by atomic mass is 10.2. The van der Waals surface area contributed by atoms with Crippen LogP contribution in [0.4, 0.5) is 0 Å². The Morgan fingerprint density at radius 3 is 2.67 bits per heavy atom. The van der Waals surface area contributed by atoms with Crippen LogP contribution >= 0.6 is 11.6 Å². The van der Waals surface area contributed by atoms with E-state index in [9.17, 15) is 9.59 Å². The SMILES string of the molecule is CCCNC(=O)COC(=O)c1c(C)nn(Cc2ccccc2)c1Cl. The highest BCUT2D eigenvalue weighted by molar-refractivity contribution is 6.32. The molecule has 1 aromatic heterocycles. The summed E-state index contributed by atoms with van der Waals surface area (Å²) in [6.07, 6.45) is 0.816. The first-order valence-corrected chi connectivity index (χ1v) is 8.11. The third kappa shape index (κ3) is 4.58. The van der Waals surface area contributed by atoms with E-state index >= 15 is 0 Å². The van der Waals surface area contributed by atoms with Gasteiger partial charge in [0.2, 0.25) is 0 Å². The maximum Gasteiger partial charge on any atom is 0.343 e. The predicted molar refractivity (Wildman–Crippen MR) is 91.1 cm³/mol. The Hall–Kier alpha value is -2.34. The van der Waals surface area contributed by atoms with Crippen LogP contribution in [-0.2, 0) is 16.1 Å². The first-order chi connectivity index (χ1) is 11.5. The van der Waals surface area contributed by atoms with Crippen LogP contribution in [0.15, 0.2) is 30.3 Å². The summed E-state index contributed by atoms with van der Waals surface area (Å²) in [5, 5.41) is 7.13. The van der Waals surface area contributed by atoms with Crippen LogP contribution < -0.4 is 5.32 Å². The Labute approximate surface area is 145 Å². The lowest BCUT2D eigenvalue weighted by Crippen LogP contribution is -2.29. The Morgan fingerprint density at radius 1 is 1.29 bits per heavy atom. The fraction of sp³-hybridized carbons (Fsp3) is 0.353. The van der Waals surface area contributed by atoms with Gasteiger partial charge in [-0.2, -0.15) is 5.10 Å². The van der Waals surface area contributed by atoms with Gasteiger partial charge in [-0.3, -0.25) is 4.79 Å². The predicted octanol–water partition coefficient (Wildman–Crippen LogP) is 2.58. The number of nitrogens with one attached hydrogen (secondary N) is 1. The molecule has 0 saturated heterocycles. The summed E-state index contributed by atoms with van der Waals surface area (Å²) < 4.78 is 6.57. The van der Waals surface area contributed by atoms with Crippen LogP contribution in [0, 0.1) is 6.92 Å². The summed E-state index contributed by atoms with van der Waals surface area (Å²) in [6.45, 7) is 4.28. The van der Waals surface area contributed by atoms with Crippen LogP contribution in [0.3, 0.4) is 0 Å². The zero-order valence-electron chi connectivity index (χ0n) is 13.7. The molecule has 1 aromatic carbocycles. The molecule has 0 bridgehead atoms. The molecule has 24 heavy (non-hydrogen) atoms. The van der Waals surface area contributed by atoms with Gasteiger partial charge in [0.25, 0.3) is 5.91 Å². The van der Waals surface area contributed by atoms with Gasteiger partial charge in [-0.1, -0.05) is 48.9 Å². The zero-order valence-corrected chi connectivity index (χ0v) is 14.5. The number of benzene rings is 1. The van der Waals surface area contributed by atoms with E-state index in [1.165, 1.54) is 0 Å². The third-order valence-electron chi connectivity index (χ3n) is 3.35. The van der Waals surface area contributed by atoms with Crippen molar-refractivity contribution in [1.82, 2.24) is 15.1 Å². The van der Waals surface area contributed by atoms with E-state index in [-0.39, 0.29) is 23.2 Å². The summed E-state index contributed by atoms with van der Waals surface area (Å²) in [7, 11) is 0. The molecule has 0 aliphatic rings. The molecular weight excluding hydrogens is 330 g/mol. The minimum atomic E-state index is -0.650. The topological polar surface area (TPSA) is 73.2 Å². The summed E-state index contributed by atoms with van der Waals surface area (Å²) in [5.41, 5.74) is 1.67. The minimum Gasteiger partial charge on any atom is -0.452 e. The van der Waals surface area contributed by atoms with Crippen LogP contribution in [-0.4, -0.2) is 34.8 Å². The fourth-order valence-corrected chi connectivity index (χ4v) is 2.48. The van der Waals surface area contributed by atoms with Crippen molar-refractivity contribution < 1.29 is 14.3 Å². The van der Waals surface area contributed by atoms with Crippen molar-refractivity contribution in [2.75, 3.05) is 13.2 Å². The zero-order chi connectivity index (χ0) is 17.5. The molecule has 128 valence electrons. The maximum atomic E-state index is 12.2. The average molecular weight is 350 g/mol. The highest BCUT2D eigenvalue weighted by atomic mass is 35.5. The van der Waals surface area contributed by atoms with E-state index in [2.05, 4.69) is 10.4 Å². The molecule has 0 atom stereocenters. The Bertz CT molecular complexity index is 713. The molecule has 0 saturated carbocycles. The Morgan fingerprint density at radius 2 is 2.00 bits per heavy atom. The molecule has 0 aliphatic carbocycles. The fourth-order valence-electron chi connectivity index (χ4n) is 2.17. The number of hydrogen-bond donors (Lipinski definition) is 1. The second-order valence-corrected chi connectivity index (χ2v) is 5.68. The molecule has 0 spiro atoms. The molecule has 1 amide bonds. The Kier molecular flexibility index (Phi) is 6.37. The van der Waals surface area contributed by atoms with Gasteiger partial charge in [-0.05, 0) is 18.9 Å². The quantitative estimate of drug-likeness (QED) is 0.780. The first kappa shape index (κ1) is 18.0. The number of rotatable bonds is 7. The number of aryl methyl sites for hydroxylation is 1. The van der Waals surface area contributed by atoms with Crippen molar-refractivity contribution in [3.63, 3.8) is 0 Å². The molecule has 1 heterocycles. The molecule has 0 fully saturated rings. The van der Waals surface area contributed by atoms with Gasteiger partial charge in [-0.25, -0.2) is 9.48 Å². The Balaban J connectivity index is 2.05. The molecule has 1 N–H and O–H groups in total. The third-order valence-corrected chi connectivity index (χ3v) is 3.74. The number of carbonyl (C=O) groups is 2. The number of aromatic nitrogens is 2. The largest absolute Gasteiger partial charge is 0.452 e. The van der Waals surface area contributed by atoms with Crippen molar-refractivity contribution in [3.05, 3.63) is 52.3 Å².